The van der Waals surface area contributed by atoms with Crippen molar-refractivity contribution in [2.45, 2.75) is 25.5 Å². The highest BCUT2D eigenvalue weighted by Crippen LogP contribution is 2.20. The van der Waals surface area contributed by atoms with Crippen LogP contribution in [0.5, 0.6) is 0 Å². The Morgan fingerprint density at radius 3 is 2.70 bits per heavy atom. The molecule has 20 heavy (non-hydrogen) atoms. The van der Waals surface area contributed by atoms with E-state index in [0.29, 0.717) is 19.2 Å². The monoisotopic (exact) mass is 278 g/mol. The topological polar surface area (TPSA) is 35.9 Å². The van der Waals surface area contributed by atoms with E-state index >= 15 is 0 Å². The Morgan fingerprint density at radius 2 is 2.05 bits per heavy atom. The third kappa shape index (κ3) is 3.95. The molecule has 0 amide bonds. The number of para-hydroxylation sites is 1. The normalized spacial score (nSPS) is 21.9. The highest BCUT2D eigenvalue weighted by atomic mass is 16.5. The molecule has 1 aliphatic heterocycles. The third-order valence-corrected chi connectivity index (χ3v) is 4.00. The van der Waals surface area contributed by atoms with Crippen molar-refractivity contribution in [1.82, 2.24) is 4.90 Å². The molecule has 0 bridgehead atoms. The number of β-amino-alcohol motifs (C(OH)–C–C–N with tert-alkyl or cyclic N) is 1. The van der Waals surface area contributed by atoms with Crippen molar-refractivity contribution in [3.05, 3.63) is 30.3 Å². The highest BCUT2D eigenvalue weighted by Gasteiger charge is 2.27. The van der Waals surface area contributed by atoms with Crippen molar-refractivity contribution in [1.29, 1.82) is 0 Å². The van der Waals surface area contributed by atoms with Gasteiger partial charge in [-0.1, -0.05) is 25.1 Å². The Labute approximate surface area is 122 Å². The molecular formula is C16H26N2O2. The van der Waals surface area contributed by atoms with Crippen LogP contribution in [0.4, 0.5) is 5.69 Å². The SMILES string of the molecule is CCC1CN(c2ccccc2)CCN1CC(O)COC. The molecule has 1 saturated heterocycles. The van der Waals surface area contributed by atoms with E-state index in [1.807, 2.05) is 0 Å². The van der Waals surface area contributed by atoms with E-state index in [9.17, 15) is 5.11 Å². The average Bonchev–Trinajstić information content (AvgIpc) is 2.49. The first kappa shape index (κ1) is 15.3. The fraction of sp³-hybridized carbons (Fsp3) is 0.625. The molecular weight excluding hydrogens is 252 g/mol. The van der Waals surface area contributed by atoms with E-state index < -0.39 is 6.10 Å². The molecule has 4 nitrogen and oxygen atoms in total. The zero-order valence-corrected chi connectivity index (χ0v) is 12.5. The zero-order chi connectivity index (χ0) is 14.4. The molecule has 1 N–H and O–H groups in total. The molecule has 4 heteroatoms. The van der Waals surface area contributed by atoms with Crippen LogP contribution in [0.1, 0.15) is 13.3 Å². The zero-order valence-electron chi connectivity index (χ0n) is 12.5. The summed E-state index contributed by atoms with van der Waals surface area (Å²) in [6.07, 6.45) is 0.709. The first-order valence-electron chi connectivity index (χ1n) is 7.45. The number of hydrogen-bond acceptors (Lipinski definition) is 4. The first-order chi connectivity index (χ1) is 9.74. The van der Waals surface area contributed by atoms with Crippen molar-refractivity contribution < 1.29 is 9.84 Å². The van der Waals surface area contributed by atoms with Crippen LogP contribution in [0.2, 0.25) is 0 Å². The number of ether oxygens (including phenoxy) is 1. The maximum Gasteiger partial charge on any atom is 0.0900 e. The minimum Gasteiger partial charge on any atom is -0.389 e. The fourth-order valence-electron chi connectivity index (χ4n) is 2.91. The Balaban J connectivity index is 1.94. The summed E-state index contributed by atoms with van der Waals surface area (Å²) in [7, 11) is 1.63. The number of rotatable bonds is 6. The molecule has 2 atom stereocenters. The summed E-state index contributed by atoms with van der Waals surface area (Å²) in [5, 5.41) is 9.92. The molecule has 2 rings (SSSR count). The molecule has 1 aromatic carbocycles. The molecule has 2 unspecified atom stereocenters. The van der Waals surface area contributed by atoms with Gasteiger partial charge in [0, 0.05) is 45.0 Å². The molecule has 1 aliphatic rings. The summed E-state index contributed by atoms with van der Waals surface area (Å²) in [6, 6.07) is 11.1. The smallest absolute Gasteiger partial charge is 0.0900 e. The summed E-state index contributed by atoms with van der Waals surface area (Å²) in [6.45, 7) is 6.37. The van der Waals surface area contributed by atoms with Crippen molar-refractivity contribution >= 4 is 5.69 Å². The van der Waals surface area contributed by atoms with Gasteiger partial charge in [0.05, 0.1) is 12.7 Å². The van der Waals surface area contributed by atoms with Gasteiger partial charge in [-0.3, -0.25) is 4.90 Å². The second-order valence-corrected chi connectivity index (χ2v) is 5.45. The van der Waals surface area contributed by atoms with Crippen LogP contribution >= 0.6 is 0 Å². The predicted molar refractivity (Wildman–Crippen MR) is 82.2 cm³/mol. The Hall–Kier alpha value is -1.10. The number of aliphatic hydroxyl groups is 1. The van der Waals surface area contributed by atoms with Gasteiger partial charge in [-0.2, -0.15) is 0 Å². The van der Waals surface area contributed by atoms with Gasteiger partial charge in [-0.05, 0) is 18.6 Å². The molecule has 0 aromatic heterocycles. The van der Waals surface area contributed by atoms with Crippen LogP contribution in [0.25, 0.3) is 0 Å². The van der Waals surface area contributed by atoms with Crippen molar-refractivity contribution in [2.75, 3.05) is 44.8 Å². The number of hydrogen-bond donors (Lipinski definition) is 1. The Kier molecular flexibility index (Phi) is 5.83. The molecule has 0 aliphatic carbocycles. The molecule has 1 aromatic rings. The number of anilines is 1. The van der Waals surface area contributed by atoms with Crippen LogP contribution in [0, 0.1) is 0 Å². The first-order valence-corrected chi connectivity index (χ1v) is 7.45. The average molecular weight is 278 g/mol. The number of aliphatic hydroxyl groups excluding tert-OH is 1. The van der Waals surface area contributed by atoms with Crippen molar-refractivity contribution in [3.8, 4) is 0 Å². The number of nitrogens with zero attached hydrogens (tertiary/aromatic N) is 2. The highest BCUT2D eigenvalue weighted by molar-refractivity contribution is 5.46. The fourth-order valence-corrected chi connectivity index (χ4v) is 2.91. The predicted octanol–water partition coefficient (Wildman–Crippen LogP) is 1.59. The van der Waals surface area contributed by atoms with Crippen molar-refractivity contribution in [2.24, 2.45) is 0 Å². The van der Waals surface area contributed by atoms with Crippen LogP contribution in [0.15, 0.2) is 30.3 Å². The van der Waals surface area contributed by atoms with Gasteiger partial charge in [-0.15, -0.1) is 0 Å². The molecule has 1 heterocycles. The van der Waals surface area contributed by atoms with Crippen molar-refractivity contribution in [3.63, 3.8) is 0 Å². The maximum atomic E-state index is 9.92. The summed E-state index contributed by atoms with van der Waals surface area (Å²) in [5.41, 5.74) is 1.29. The van der Waals surface area contributed by atoms with Crippen LogP contribution < -0.4 is 4.90 Å². The standard InChI is InChI=1S/C16H26N2O2/c1-3-14-11-17(15-7-5-4-6-8-15)9-10-18(14)12-16(19)13-20-2/h4-8,14,16,19H,3,9-13H2,1-2H3. The second-order valence-electron chi connectivity index (χ2n) is 5.45. The Bertz CT molecular complexity index is 385. The van der Waals surface area contributed by atoms with Crippen LogP contribution in [0.3, 0.4) is 0 Å². The van der Waals surface area contributed by atoms with E-state index in [0.717, 1.165) is 26.1 Å². The molecule has 0 spiro atoms. The van der Waals surface area contributed by atoms with Gasteiger partial charge in [-0.25, -0.2) is 0 Å². The molecule has 1 fully saturated rings. The van der Waals surface area contributed by atoms with E-state index in [1.54, 1.807) is 7.11 Å². The molecule has 0 saturated carbocycles. The number of piperazine rings is 1. The largest absolute Gasteiger partial charge is 0.389 e. The minimum absolute atomic E-state index is 0.391. The molecule has 0 radical (unpaired) electrons. The number of benzene rings is 1. The van der Waals surface area contributed by atoms with Gasteiger partial charge in [0.25, 0.3) is 0 Å². The van der Waals surface area contributed by atoms with Gasteiger partial charge < -0.3 is 14.7 Å². The van der Waals surface area contributed by atoms with E-state index in [-0.39, 0.29) is 0 Å². The van der Waals surface area contributed by atoms with E-state index in [2.05, 4.69) is 47.1 Å². The lowest BCUT2D eigenvalue weighted by atomic mass is 10.1. The number of methoxy groups -OCH3 is 1. The quantitative estimate of drug-likeness (QED) is 0.857. The van der Waals surface area contributed by atoms with E-state index in [1.165, 1.54) is 5.69 Å². The van der Waals surface area contributed by atoms with Crippen LogP contribution in [-0.4, -0.2) is 62.0 Å². The second kappa shape index (κ2) is 7.62. The van der Waals surface area contributed by atoms with Gasteiger partial charge >= 0.3 is 0 Å². The lowest BCUT2D eigenvalue weighted by molar-refractivity contribution is 0.0232. The van der Waals surface area contributed by atoms with Gasteiger partial charge in [0.2, 0.25) is 0 Å². The van der Waals surface area contributed by atoms with E-state index in [4.69, 9.17) is 4.74 Å². The third-order valence-electron chi connectivity index (χ3n) is 4.00. The lowest BCUT2D eigenvalue weighted by Gasteiger charge is -2.43. The summed E-state index contributed by atoms with van der Waals surface area (Å²) < 4.78 is 5.02. The van der Waals surface area contributed by atoms with Gasteiger partial charge in [0.15, 0.2) is 0 Å². The minimum atomic E-state index is -0.391. The molecule has 112 valence electrons. The summed E-state index contributed by atoms with van der Waals surface area (Å²) in [4.78, 5) is 4.83. The van der Waals surface area contributed by atoms with Gasteiger partial charge in [0.1, 0.15) is 0 Å². The summed E-state index contributed by atoms with van der Waals surface area (Å²) >= 11 is 0. The Morgan fingerprint density at radius 1 is 1.30 bits per heavy atom. The lowest BCUT2D eigenvalue weighted by Crippen LogP contribution is -2.55. The maximum absolute atomic E-state index is 9.92. The summed E-state index contributed by atoms with van der Waals surface area (Å²) in [5.74, 6) is 0. The van der Waals surface area contributed by atoms with Crippen LogP contribution in [-0.2, 0) is 4.74 Å².